The van der Waals surface area contributed by atoms with Crippen molar-refractivity contribution in [1.82, 2.24) is 10.3 Å². The molecule has 2 aromatic carbocycles. The zero-order valence-corrected chi connectivity index (χ0v) is 16.5. The van der Waals surface area contributed by atoms with Gasteiger partial charge in [-0.15, -0.1) is 0 Å². The number of hydrogen-bond acceptors (Lipinski definition) is 2. The summed E-state index contributed by atoms with van der Waals surface area (Å²) in [5, 5.41) is 4.27. The van der Waals surface area contributed by atoms with Crippen LogP contribution in [0.2, 0.25) is 0 Å². The number of fused-ring (bicyclic) bond motifs is 1. The van der Waals surface area contributed by atoms with Gasteiger partial charge >= 0.3 is 0 Å². The Kier molecular flexibility index (Phi) is 5.84. The van der Waals surface area contributed by atoms with Crippen molar-refractivity contribution >= 4 is 16.8 Å². The molecule has 4 heteroatoms. The summed E-state index contributed by atoms with van der Waals surface area (Å²) in [5.41, 5.74) is 3.21. The summed E-state index contributed by atoms with van der Waals surface area (Å²) >= 11 is 0. The molecule has 1 aromatic heterocycles. The van der Waals surface area contributed by atoms with Crippen LogP contribution in [-0.4, -0.2) is 24.0 Å². The van der Waals surface area contributed by atoms with Crippen molar-refractivity contribution < 1.29 is 9.53 Å². The minimum absolute atomic E-state index is 0.0531. The Hall–Kier alpha value is -2.75. The number of para-hydroxylation sites is 2. The van der Waals surface area contributed by atoms with Gasteiger partial charge in [-0.05, 0) is 30.5 Å². The van der Waals surface area contributed by atoms with Gasteiger partial charge in [0, 0.05) is 41.0 Å². The molecular formula is C23H28N2O2. The fourth-order valence-corrected chi connectivity index (χ4v) is 3.39. The third-order valence-electron chi connectivity index (χ3n) is 5.29. The van der Waals surface area contributed by atoms with Crippen molar-refractivity contribution in [2.75, 3.05) is 7.11 Å². The van der Waals surface area contributed by atoms with E-state index < -0.39 is 0 Å². The fraction of sp³-hybridized carbons (Fsp3) is 0.348. The van der Waals surface area contributed by atoms with E-state index >= 15 is 0 Å². The molecular weight excluding hydrogens is 336 g/mol. The van der Waals surface area contributed by atoms with Gasteiger partial charge in [0.2, 0.25) is 5.91 Å². The van der Waals surface area contributed by atoms with Gasteiger partial charge in [-0.3, -0.25) is 4.79 Å². The van der Waals surface area contributed by atoms with Gasteiger partial charge in [0.25, 0.3) is 0 Å². The number of aromatic amines is 1. The predicted molar refractivity (Wildman–Crippen MR) is 110 cm³/mol. The first-order valence-electron chi connectivity index (χ1n) is 9.49. The lowest BCUT2D eigenvalue weighted by molar-refractivity contribution is -0.122. The van der Waals surface area contributed by atoms with Gasteiger partial charge in [-0.1, -0.05) is 50.2 Å². The highest BCUT2D eigenvalue weighted by atomic mass is 16.5. The number of nitrogens with one attached hydrogen (secondary N) is 2. The van der Waals surface area contributed by atoms with Crippen molar-refractivity contribution in [2.45, 2.75) is 39.2 Å². The summed E-state index contributed by atoms with van der Waals surface area (Å²) in [5.74, 6) is 1.17. The van der Waals surface area contributed by atoms with Gasteiger partial charge in [-0.2, -0.15) is 0 Å². The molecule has 2 unspecified atom stereocenters. The summed E-state index contributed by atoms with van der Waals surface area (Å²) in [6.07, 6.45) is 2.39. The molecule has 0 saturated carbocycles. The molecule has 1 heterocycles. The quantitative estimate of drug-likeness (QED) is 0.629. The van der Waals surface area contributed by atoms with Gasteiger partial charge in [0.05, 0.1) is 7.11 Å². The molecule has 142 valence electrons. The molecule has 4 nitrogen and oxygen atoms in total. The summed E-state index contributed by atoms with van der Waals surface area (Å²) in [7, 11) is 1.67. The molecule has 3 rings (SSSR count). The van der Waals surface area contributed by atoms with E-state index in [-0.39, 0.29) is 17.9 Å². The second kappa shape index (κ2) is 8.30. The lowest BCUT2D eigenvalue weighted by Gasteiger charge is -2.22. The highest BCUT2D eigenvalue weighted by Gasteiger charge is 2.25. The number of ether oxygens (including phenoxy) is 1. The van der Waals surface area contributed by atoms with Gasteiger partial charge in [0.1, 0.15) is 5.75 Å². The molecule has 1 amide bonds. The van der Waals surface area contributed by atoms with E-state index in [0.29, 0.717) is 12.3 Å². The van der Waals surface area contributed by atoms with E-state index in [2.05, 4.69) is 36.3 Å². The van der Waals surface area contributed by atoms with Crippen LogP contribution in [0.3, 0.4) is 0 Å². The van der Waals surface area contributed by atoms with Crippen LogP contribution in [0.4, 0.5) is 0 Å². The Bertz CT molecular complexity index is 913. The minimum Gasteiger partial charge on any atom is -0.496 e. The molecule has 3 aromatic rings. The number of rotatable bonds is 7. The van der Waals surface area contributed by atoms with E-state index in [1.807, 2.05) is 49.5 Å². The smallest absolute Gasteiger partial charge is 0.221 e. The van der Waals surface area contributed by atoms with Crippen LogP contribution in [-0.2, 0) is 4.79 Å². The number of hydrogen-bond donors (Lipinski definition) is 2. The summed E-state index contributed by atoms with van der Waals surface area (Å²) in [6.45, 7) is 6.27. The Morgan fingerprint density at radius 2 is 1.74 bits per heavy atom. The van der Waals surface area contributed by atoms with Crippen LogP contribution >= 0.6 is 0 Å². The fourth-order valence-electron chi connectivity index (χ4n) is 3.39. The van der Waals surface area contributed by atoms with E-state index in [9.17, 15) is 4.79 Å². The minimum atomic E-state index is -0.0864. The molecule has 0 radical (unpaired) electrons. The topological polar surface area (TPSA) is 54.1 Å². The average Bonchev–Trinajstić information content (AvgIpc) is 3.10. The van der Waals surface area contributed by atoms with E-state index in [0.717, 1.165) is 27.8 Å². The Morgan fingerprint density at radius 3 is 2.48 bits per heavy atom. The second-order valence-electron chi connectivity index (χ2n) is 7.39. The summed E-state index contributed by atoms with van der Waals surface area (Å²) in [6, 6.07) is 16.3. The molecule has 2 atom stereocenters. The Labute approximate surface area is 160 Å². The summed E-state index contributed by atoms with van der Waals surface area (Å²) in [4.78, 5) is 16.1. The first-order chi connectivity index (χ1) is 13.0. The number of amides is 1. The standard InChI is InChI=1S/C23H28N2O2/c1-15(2)16(3)25-23(26)13-19(18-10-6-8-12-22(18)27-4)20-14-24-21-11-7-5-9-17(20)21/h5-12,14-16,19,24H,13H2,1-4H3,(H,25,26). The van der Waals surface area contributed by atoms with Crippen LogP contribution in [0.5, 0.6) is 5.75 Å². The number of methoxy groups -OCH3 is 1. The lowest BCUT2D eigenvalue weighted by atomic mass is 9.87. The molecule has 0 aliphatic rings. The third kappa shape index (κ3) is 4.16. The number of H-pyrrole nitrogens is 1. The van der Waals surface area contributed by atoms with Crippen LogP contribution in [0, 0.1) is 5.92 Å². The van der Waals surface area contributed by atoms with Crippen molar-refractivity contribution in [2.24, 2.45) is 5.92 Å². The molecule has 0 saturated heterocycles. The maximum absolute atomic E-state index is 12.8. The van der Waals surface area contributed by atoms with E-state index in [1.165, 1.54) is 0 Å². The van der Waals surface area contributed by atoms with Crippen molar-refractivity contribution in [1.29, 1.82) is 0 Å². The Balaban J connectivity index is 2.00. The highest BCUT2D eigenvalue weighted by molar-refractivity contribution is 5.86. The average molecular weight is 364 g/mol. The highest BCUT2D eigenvalue weighted by Crippen LogP contribution is 2.37. The van der Waals surface area contributed by atoms with Crippen molar-refractivity contribution in [3.8, 4) is 5.75 Å². The lowest BCUT2D eigenvalue weighted by Crippen LogP contribution is -2.36. The molecule has 27 heavy (non-hydrogen) atoms. The number of carbonyl (C=O) groups excluding carboxylic acids is 1. The molecule has 0 bridgehead atoms. The molecule has 0 aliphatic carbocycles. The first kappa shape index (κ1) is 19.0. The Morgan fingerprint density at radius 1 is 1.04 bits per heavy atom. The van der Waals surface area contributed by atoms with Crippen molar-refractivity contribution in [3.05, 3.63) is 65.9 Å². The SMILES string of the molecule is COc1ccccc1C(CC(=O)NC(C)C(C)C)c1c[nH]c2ccccc12. The van der Waals surface area contributed by atoms with Crippen LogP contribution < -0.4 is 10.1 Å². The van der Waals surface area contributed by atoms with Crippen LogP contribution in [0.25, 0.3) is 10.9 Å². The normalized spacial score (nSPS) is 13.5. The molecule has 2 N–H and O–H groups in total. The molecule has 0 fully saturated rings. The first-order valence-corrected chi connectivity index (χ1v) is 9.49. The largest absolute Gasteiger partial charge is 0.496 e. The van der Waals surface area contributed by atoms with Gasteiger partial charge < -0.3 is 15.0 Å². The van der Waals surface area contributed by atoms with E-state index in [4.69, 9.17) is 4.74 Å². The molecule has 0 aliphatic heterocycles. The van der Waals surface area contributed by atoms with Gasteiger partial charge in [-0.25, -0.2) is 0 Å². The van der Waals surface area contributed by atoms with Crippen molar-refractivity contribution in [3.63, 3.8) is 0 Å². The monoisotopic (exact) mass is 364 g/mol. The predicted octanol–water partition coefficient (Wildman–Crippen LogP) is 4.86. The zero-order chi connectivity index (χ0) is 19.4. The number of benzene rings is 2. The second-order valence-corrected chi connectivity index (χ2v) is 7.39. The van der Waals surface area contributed by atoms with Crippen LogP contribution in [0.15, 0.2) is 54.7 Å². The third-order valence-corrected chi connectivity index (χ3v) is 5.29. The summed E-state index contributed by atoms with van der Waals surface area (Å²) < 4.78 is 5.60. The molecule has 0 spiro atoms. The van der Waals surface area contributed by atoms with E-state index in [1.54, 1.807) is 7.11 Å². The number of aromatic nitrogens is 1. The van der Waals surface area contributed by atoms with Gasteiger partial charge in [0.15, 0.2) is 0 Å². The maximum Gasteiger partial charge on any atom is 0.221 e. The maximum atomic E-state index is 12.8. The number of carbonyl (C=O) groups is 1. The van der Waals surface area contributed by atoms with Crippen LogP contribution in [0.1, 0.15) is 44.2 Å². The zero-order valence-electron chi connectivity index (χ0n) is 16.5.